The van der Waals surface area contributed by atoms with Crippen LogP contribution in [0.25, 0.3) is 0 Å². The molecule has 2 aliphatic rings. The average Bonchev–Trinajstić information content (AvgIpc) is 3.40. The Bertz CT molecular complexity index is 1200. The maximum atomic E-state index is 13.4. The van der Waals surface area contributed by atoms with Gasteiger partial charge in [0.15, 0.2) is 6.04 Å². The predicted molar refractivity (Wildman–Crippen MR) is 137 cm³/mol. The molecule has 1 N–H and O–H groups in total. The molecule has 0 aliphatic carbocycles. The lowest BCUT2D eigenvalue weighted by atomic mass is 10.0. The van der Waals surface area contributed by atoms with E-state index < -0.39 is 29.9 Å². The fourth-order valence-electron chi connectivity index (χ4n) is 3.87. The first-order valence-electron chi connectivity index (χ1n) is 11.0. The fraction of sp³-hybridized carbons (Fsp3) is 0.240. The van der Waals surface area contributed by atoms with Gasteiger partial charge in [-0.1, -0.05) is 84.6 Å². The van der Waals surface area contributed by atoms with E-state index in [0.29, 0.717) is 5.71 Å². The Labute approximate surface area is 212 Å². The lowest BCUT2D eigenvalue weighted by Gasteiger charge is -2.25. The van der Waals surface area contributed by atoms with Crippen molar-refractivity contribution in [3.63, 3.8) is 0 Å². The molecular weight excluding hydrogens is 486 g/mol. The molecule has 0 radical (unpaired) electrons. The number of rotatable bonds is 8. The number of ether oxygens (including phenoxy) is 1. The summed E-state index contributed by atoms with van der Waals surface area (Å²) >= 11 is 6.47. The summed E-state index contributed by atoms with van der Waals surface area (Å²) in [5.41, 5.74) is 2.27. The third kappa shape index (κ3) is 5.44. The van der Waals surface area contributed by atoms with Gasteiger partial charge in [-0.05, 0) is 18.1 Å². The summed E-state index contributed by atoms with van der Waals surface area (Å²) in [4.78, 5) is 39.6. The standard InChI is InChI=1S/C25H23N3O5S2/c1-2-33-24(32)20(13-16-9-5-3-6-10-16)28-22(29)21(35-25(28)34)15-27-19(23(30)31)14-18(26-27)17-11-7-4-8-12-17/h3-12,15,19-20H,2,13-14H2,1H3,(H,30,31)/b21-15-. The maximum Gasteiger partial charge on any atom is 0.329 e. The van der Waals surface area contributed by atoms with Crippen molar-refractivity contribution in [1.82, 2.24) is 9.91 Å². The SMILES string of the molecule is CCOC(=O)C(Cc1ccccc1)N1C(=O)/C(=C/N2N=C(c3ccccc3)CC2C(=O)O)SC1=S. The van der Waals surface area contributed by atoms with E-state index in [1.54, 1.807) is 6.92 Å². The molecule has 10 heteroatoms. The van der Waals surface area contributed by atoms with E-state index in [1.807, 2.05) is 60.7 Å². The highest BCUT2D eigenvalue weighted by Crippen LogP contribution is 2.35. The number of hydrogen-bond acceptors (Lipinski definition) is 8. The number of nitrogens with zero attached hydrogens (tertiary/aromatic N) is 3. The summed E-state index contributed by atoms with van der Waals surface area (Å²) in [6, 6.07) is 16.7. The number of thioether (sulfide) groups is 1. The van der Waals surface area contributed by atoms with Crippen molar-refractivity contribution < 1.29 is 24.2 Å². The highest BCUT2D eigenvalue weighted by atomic mass is 32.2. The molecule has 2 aromatic rings. The van der Waals surface area contributed by atoms with Crippen molar-refractivity contribution in [2.24, 2.45) is 5.10 Å². The van der Waals surface area contributed by atoms with Crippen LogP contribution in [-0.2, 0) is 25.5 Å². The Morgan fingerprint density at radius 1 is 1.20 bits per heavy atom. The second-order valence-electron chi connectivity index (χ2n) is 7.84. The minimum atomic E-state index is -1.06. The number of benzene rings is 2. The van der Waals surface area contributed by atoms with Crippen LogP contribution in [0.1, 0.15) is 24.5 Å². The van der Waals surface area contributed by atoms with E-state index in [9.17, 15) is 19.5 Å². The summed E-state index contributed by atoms with van der Waals surface area (Å²) in [6.45, 7) is 1.86. The van der Waals surface area contributed by atoms with Crippen LogP contribution in [0.15, 0.2) is 76.9 Å². The van der Waals surface area contributed by atoms with Gasteiger partial charge in [-0.2, -0.15) is 5.10 Å². The summed E-state index contributed by atoms with van der Waals surface area (Å²) in [6.07, 6.45) is 1.82. The van der Waals surface area contributed by atoms with Crippen LogP contribution in [0, 0.1) is 0 Å². The van der Waals surface area contributed by atoms with E-state index in [4.69, 9.17) is 17.0 Å². The molecule has 0 bridgehead atoms. The van der Waals surface area contributed by atoms with Crippen molar-refractivity contribution in [2.75, 3.05) is 6.61 Å². The van der Waals surface area contributed by atoms with Gasteiger partial charge in [0, 0.05) is 19.0 Å². The molecule has 2 heterocycles. The third-order valence-corrected chi connectivity index (χ3v) is 6.87. The first-order chi connectivity index (χ1) is 16.9. The zero-order valence-corrected chi connectivity index (χ0v) is 20.5. The predicted octanol–water partition coefficient (Wildman–Crippen LogP) is 3.43. The molecule has 1 saturated heterocycles. The molecule has 0 aromatic heterocycles. The lowest BCUT2D eigenvalue weighted by molar-refractivity contribution is -0.150. The van der Waals surface area contributed by atoms with E-state index >= 15 is 0 Å². The molecule has 35 heavy (non-hydrogen) atoms. The van der Waals surface area contributed by atoms with Gasteiger partial charge in [-0.15, -0.1) is 0 Å². The molecule has 0 spiro atoms. The summed E-state index contributed by atoms with van der Waals surface area (Å²) in [5, 5.41) is 15.5. The molecule has 2 aromatic carbocycles. The Balaban J connectivity index is 1.62. The number of carboxylic acid groups (broad SMARTS) is 1. The molecule has 180 valence electrons. The summed E-state index contributed by atoms with van der Waals surface area (Å²) in [5.74, 6) is -2.09. The minimum absolute atomic E-state index is 0.166. The number of thiocarbonyl (C=S) groups is 1. The first kappa shape index (κ1) is 24.6. The lowest BCUT2D eigenvalue weighted by Crippen LogP contribution is -2.46. The van der Waals surface area contributed by atoms with Crippen LogP contribution >= 0.6 is 24.0 Å². The van der Waals surface area contributed by atoms with Gasteiger partial charge < -0.3 is 9.84 Å². The zero-order chi connectivity index (χ0) is 24.9. The first-order valence-corrected chi connectivity index (χ1v) is 12.2. The van der Waals surface area contributed by atoms with Crippen LogP contribution < -0.4 is 0 Å². The van der Waals surface area contributed by atoms with E-state index in [-0.39, 0.29) is 28.7 Å². The molecule has 2 atom stereocenters. The molecule has 1 fully saturated rings. The molecule has 8 nitrogen and oxygen atoms in total. The van der Waals surface area contributed by atoms with E-state index in [2.05, 4.69) is 5.10 Å². The number of hydrogen-bond donors (Lipinski definition) is 1. The number of esters is 1. The highest BCUT2D eigenvalue weighted by molar-refractivity contribution is 8.26. The Morgan fingerprint density at radius 2 is 1.86 bits per heavy atom. The van der Waals surface area contributed by atoms with Crippen LogP contribution in [-0.4, -0.2) is 61.6 Å². The molecule has 1 amide bonds. The number of amides is 1. The maximum absolute atomic E-state index is 13.4. The van der Waals surface area contributed by atoms with Gasteiger partial charge >= 0.3 is 11.9 Å². The number of aliphatic carboxylic acids is 1. The molecule has 2 aliphatic heterocycles. The summed E-state index contributed by atoms with van der Waals surface area (Å²) < 4.78 is 5.44. The van der Waals surface area contributed by atoms with Gasteiger partial charge in [-0.3, -0.25) is 14.7 Å². The number of carbonyl (C=O) groups is 3. The normalized spacial score (nSPS) is 19.7. The van der Waals surface area contributed by atoms with Crippen molar-refractivity contribution in [3.05, 3.63) is 82.9 Å². The molecule has 0 saturated carbocycles. The van der Waals surface area contributed by atoms with Crippen LogP contribution in [0.3, 0.4) is 0 Å². The van der Waals surface area contributed by atoms with Gasteiger partial charge in [-0.25, -0.2) is 9.59 Å². The Hall–Kier alpha value is -3.50. The second kappa shape index (κ2) is 10.8. The molecule has 4 rings (SSSR count). The van der Waals surface area contributed by atoms with Crippen molar-refractivity contribution in [1.29, 1.82) is 0 Å². The van der Waals surface area contributed by atoms with Gasteiger partial charge in [0.05, 0.1) is 17.2 Å². The van der Waals surface area contributed by atoms with Crippen LogP contribution in [0.4, 0.5) is 0 Å². The smallest absolute Gasteiger partial charge is 0.329 e. The topological polar surface area (TPSA) is 99.5 Å². The van der Waals surface area contributed by atoms with Gasteiger partial charge in [0.1, 0.15) is 10.4 Å². The van der Waals surface area contributed by atoms with Gasteiger partial charge in [0.25, 0.3) is 5.91 Å². The number of carbonyl (C=O) groups excluding carboxylic acids is 2. The molecular formula is C25H23N3O5S2. The summed E-state index contributed by atoms with van der Waals surface area (Å²) in [7, 11) is 0. The van der Waals surface area contributed by atoms with E-state index in [0.717, 1.165) is 22.9 Å². The van der Waals surface area contributed by atoms with E-state index in [1.165, 1.54) is 16.1 Å². The monoisotopic (exact) mass is 509 g/mol. The molecule has 2 unspecified atom stereocenters. The largest absolute Gasteiger partial charge is 0.480 e. The second-order valence-corrected chi connectivity index (χ2v) is 9.52. The van der Waals surface area contributed by atoms with Crippen molar-refractivity contribution in [2.45, 2.75) is 31.8 Å². The van der Waals surface area contributed by atoms with Gasteiger partial charge in [0.2, 0.25) is 0 Å². The Kier molecular flexibility index (Phi) is 7.62. The quantitative estimate of drug-likeness (QED) is 0.328. The van der Waals surface area contributed by atoms with Crippen LogP contribution in [0.2, 0.25) is 0 Å². The third-order valence-electron chi connectivity index (χ3n) is 5.55. The number of carboxylic acids is 1. The van der Waals surface area contributed by atoms with Crippen molar-refractivity contribution in [3.8, 4) is 0 Å². The number of hydrazone groups is 1. The minimum Gasteiger partial charge on any atom is -0.480 e. The zero-order valence-electron chi connectivity index (χ0n) is 18.9. The Morgan fingerprint density at radius 3 is 2.49 bits per heavy atom. The van der Waals surface area contributed by atoms with Crippen LogP contribution in [0.5, 0.6) is 0 Å². The van der Waals surface area contributed by atoms with Crippen molar-refractivity contribution >= 4 is 51.9 Å². The average molecular weight is 510 g/mol. The highest BCUT2D eigenvalue weighted by Gasteiger charge is 2.42. The fourth-order valence-corrected chi connectivity index (χ4v) is 5.19.